The fraction of sp³-hybridized carbons (Fsp3) is 0.190. The largest absolute Gasteiger partial charge is 0.496 e. The number of pyridine rings is 1. The monoisotopic (exact) mass is 397 g/mol. The first-order chi connectivity index (χ1) is 13.5. The maximum Gasteiger partial charge on any atom is 0.263 e. The van der Waals surface area contributed by atoms with Gasteiger partial charge in [-0.3, -0.25) is 4.72 Å². The fourth-order valence-electron chi connectivity index (χ4n) is 2.86. The molecule has 0 saturated heterocycles. The number of benzene rings is 2. The first-order valence-electron chi connectivity index (χ1n) is 8.90. The quantitative estimate of drug-likeness (QED) is 0.603. The third-order valence-corrected chi connectivity index (χ3v) is 5.82. The van der Waals surface area contributed by atoms with E-state index in [1.165, 1.54) is 0 Å². The van der Waals surface area contributed by atoms with Crippen molar-refractivity contribution in [2.24, 2.45) is 0 Å². The van der Waals surface area contributed by atoms with Gasteiger partial charge in [-0.1, -0.05) is 36.4 Å². The highest BCUT2D eigenvalue weighted by Gasteiger charge is 2.16. The van der Waals surface area contributed by atoms with Gasteiger partial charge in [0.2, 0.25) is 0 Å². The van der Waals surface area contributed by atoms with Gasteiger partial charge in [-0.05, 0) is 48.7 Å². The standard InChI is InChI=1S/C21H23N3O3S/c1-16-7-3-6-10-20(16)28(25,26)24-21-12-11-18(15-23-21)22-14-13-17-8-4-5-9-19(17)27-2/h3-12,15,22H,13-14H2,1-2H3,(H,23,24). The van der Waals surface area contributed by atoms with E-state index in [1.807, 2.05) is 24.3 Å². The van der Waals surface area contributed by atoms with E-state index in [0.717, 1.165) is 23.4 Å². The number of methoxy groups -OCH3 is 1. The van der Waals surface area contributed by atoms with Crippen LogP contribution >= 0.6 is 0 Å². The summed E-state index contributed by atoms with van der Waals surface area (Å²) in [4.78, 5) is 4.45. The van der Waals surface area contributed by atoms with Crippen molar-refractivity contribution in [2.75, 3.05) is 23.7 Å². The highest BCUT2D eigenvalue weighted by atomic mass is 32.2. The summed E-state index contributed by atoms with van der Waals surface area (Å²) in [6.07, 6.45) is 2.41. The number of hydrogen-bond acceptors (Lipinski definition) is 5. The van der Waals surface area contributed by atoms with E-state index in [2.05, 4.69) is 15.0 Å². The van der Waals surface area contributed by atoms with Crippen LogP contribution in [-0.2, 0) is 16.4 Å². The smallest absolute Gasteiger partial charge is 0.263 e. The van der Waals surface area contributed by atoms with Gasteiger partial charge in [0.1, 0.15) is 11.6 Å². The van der Waals surface area contributed by atoms with Gasteiger partial charge in [0, 0.05) is 6.54 Å². The number of para-hydroxylation sites is 1. The third-order valence-electron chi connectivity index (χ3n) is 4.30. The molecular weight excluding hydrogens is 374 g/mol. The number of hydrogen-bond donors (Lipinski definition) is 2. The second kappa shape index (κ2) is 8.75. The summed E-state index contributed by atoms with van der Waals surface area (Å²) in [5.41, 5.74) is 2.62. The molecule has 0 fully saturated rings. The molecule has 1 aromatic heterocycles. The van der Waals surface area contributed by atoms with E-state index in [4.69, 9.17) is 4.74 Å². The van der Waals surface area contributed by atoms with Gasteiger partial charge < -0.3 is 10.1 Å². The average molecular weight is 398 g/mol. The molecule has 6 nitrogen and oxygen atoms in total. The molecule has 0 radical (unpaired) electrons. The Bertz CT molecular complexity index is 1030. The number of ether oxygens (including phenoxy) is 1. The summed E-state index contributed by atoms with van der Waals surface area (Å²) in [6, 6.07) is 18.2. The summed E-state index contributed by atoms with van der Waals surface area (Å²) in [5.74, 6) is 1.14. The second-order valence-electron chi connectivity index (χ2n) is 6.29. The van der Waals surface area contributed by atoms with Crippen molar-refractivity contribution in [2.45, 2.75) is 18.2 Å². The number of anilines is 2. The Kier molecular flexibility index (Phi) is 6.16. The summed E-state index contributed by atoms with van der Waals surface area (Å²) < 4.78 is 32.9. The lowest BCUT2D eigenvalue weighted by atomic mass is 10.1. The first kappa shape index (κ1) is 19.7. The molecule has 0 bridgehead atoms. The molecule has 0 aliphatic carbocycles. The van der Waals surface area contributed by atoms with E-state index in [-0.39, 0.29) is 10.7 Å². The molecular formula is C21H23N3O3S. The molecule has 0 saturated carbocycles. The van der Waals surface area contributed by atoms with Crippen molar-refractivity contribution in [3.8, 4) is 5.75 Å². The van der Waals surface area contributed by atoms with Crippen molar-refractivity contribution in [1.29, 1.82) is 0 Å². The lowest BCUT2D eigenvalue weighted by Crippen LogP contribution is -2.15. The van der Waals surface area contributed by atoms with E-state index >= 15 is 0 Å². The van der Waals surface area contributed by atoms with Crippen LogP contribution in [0.15, 0.2) is 71.8 Å². The predicted molar refractivity (Wildman–Crippen MR) is 111 cm³/mol. The summed E-state index contributed by atoms with van der Waals surface area (Å²) in [6.45, 7) is 2.47. The Balaban J connectivity index is 1.60. The Morgan fingerprint density at radius 1 is 1.00 bits per heavy atom. The van der Waals surface area contributed by atoms with E-state index < -0.39 is 10.0 Å². The van der Waals surface area contributed by atoms with Crippen molar-refractivity contribution in [3.05, 3.63) is 78.0 Å². The van der Waals surface area contributed by atoms with Crippen molar-refractivity contribution in [1.82, 2.24) is 4.98 Å². The minimum absolute atomic E-state index is 0.246. The molecule has 0 amide bonds. The molecule has 2 N–H and O–H groups in total. The van der Waals surface area contributed by atoms with Gasteiger partial charge in [0.15, 0.2) is 0 Å². The molecule has 0 spiro atoms. The zero-order chi connectivity index (χ0) is 20.0. The Labute approximate surface area is 165 Å². The molecule has 0 aliphatic heterocycles. The number of rotatable bonds is 8. The molecule has 1 heterocycles. The molecule has 146 valence electrons. The van der Waals surface area contributed by atoms with Crippen LogP contribution in [0.4, 0.5) is 11.5 Å². The van der Waals surface area contributed by atoms with E-state index in [1.54, 1.807) is 56.6 Å². The molecule has 3 aromatic rings. The molecule has 7 heteroatoms. The summed E-state index contributed by atoms with van der Waals surface area (Å²) >= 11 is 0. The van der Waals surface area contributed by atoms with Gasteiger partial charge in [0.25, 0.3) is 10.0 Å². The minimum Gasteiger partial charge on any atom is -0.496 e. The van der Waals surface area contributed by atoms with Crippen LogP contribution in [0, 0.1) is 6.92 Å². The lowest BCUT2D eigenvalue weighted by molar-refractivity contribution is 0.410. The van der Waals surface area contributed by atoms with Crippen LogP contribution in [0.25, 0.3) is 0 Å². The fourth-order valence-corrected chi connectivity index (χ4v) is 4.12. The topological polar surface area (TPSA) is 80.3 Å². The Morgan fingerprint density at radius 2 is 1.75 bits per heavy atom. The molecule has 0 aliphatic rings. The van der Waals surface area contributed by atoms with Gasteiger partial charge in [0.05, 0.1) is 23.9 Å². The second-order valence-corrected chi connectivity index (χ2v) is 7.94. The Morgan fingerprint density at radius 3 is 2.46 bits per heavy atom. The number of nitrogens with one attached hydrogen (secondary N) is 2. The van der Waals surface area contributed by atoms with Crippen molar-refractivity contribution in [3.63, 3.8) is 0 Å². The van der Waals surface area contributed by atoms with Crippen LogP contribution in [0.2, 0.25) is 0 Å². The maximum absolute atomic E-state index is 12.5. The van der Waals surface area contributed by atoms with Crippen LogP contribution in [0.1, 0.15) is 11.1 Å². The summed E-state index contributed by atoms with van der Waals surface area (Å²) in [7, 11) is -2.00. The molecule has 28 heavy (non-hydrogen) atoms. The van der Waals surface area contributed by atoms with Gasteiger partial charge in [-0.25, -0.2) is 13.4 Å². The van der Waals surface area contributed by atoms with E-state index in [9.17, 15) is 8.42 Å². The van der Waals surface area contributed by atoms with Crippen molar-refractivity contribution >= 4 is 21.5 Å². The number of aromatic nitrogens is 1. The first-order valence-corrected chi connectivity index (χ1v) is 10.4. The highest BCUT2D eigenvalue weighted by Crippen LogP contribution is 2.20. The maximum atomic E-state index is 12.5. The zero-order valence-electron chi connectivity index (χ0n) is 15.8. The average Bonchev–Trinajstić information content (AvgIpc) is 2.69. The third kappa shape index (κ3) is 4.80. The molecule has 0 atom stereocenters. The number of nitrogens with zero attached hydrogens (tertiary/aromatic N) is 1. The number of aryl methyl sites for hydroxylation is 1. The molecule has 2 aromatic carbocycles. The van der Waals surface area contributed by atoms with Gasteiger partial charge >= 0.3 is 0 Å². The molecule has 3 rings (SSSR count). The Hall–Kier alpha value is -3.06. The van der Waals surface area contributed by atoms with Gasteiger partial charge in [-0.2, -0.15) is 0 Å². The van der Waals surface area contributed by atoms with Crippen LogP contribution in [-0.4, -0.2) is 27.1 Å². The zero-order valence-corrected chi connectivity index (χ0v) is 16.7. The van der Waals surface area contributed by atoms with Gasteiger partial charge in [-0.15, -0.1) is 0 Å². The SMILES string of the molecule is COc1ccccc1CCNc1ccc(NS(=O)(=O)c2ccccc2C)nc1. The minimum atomic E-state index is -3.66. The number of sulfonamides is 1. The molecule has 0 unspecified atom stereocenters. The predicted octanol–water partition coefficient (Wildman–Crippen LogP) is 3.85. The normalized spacial score (nSPS) is 11.1. The van der Waals surface area contributed by atoms with Crippen LogP contribution in [0.5, 0.6) is 5.75 Å². The summed E-state index contributed by atoms with van der Waals surface area (Å²) in [5, 5.41) is 3.28. The lowest BCUT2D eigenvalue weighted by Gasteiger charge is -2.11. The van der Waals surface area contributed by atoms with Crippen LogP contribution in [0.3, 0.4) is 0 Å². The van der Waals surface area contributed by atoms with E-state index in [0.29, 0.717) is 12.1 Å². The van der Waals surface area contributed by atoms with Crippen LogP contribution < -0.4 is 14.8 Å². The highest BCUT2D eigenvalue weighted by molar-refractivity contribution is 7.92. The van der Waals surface area contributed by atoms with Crippen molar-refractivity contribution < 1.29 is 13.2 Å².